The standard InChI is InChI=1S/C76H68Br3N9O3/c1-48-10-9-34-83(43-48)66(89)40-75(53-20-26-56(78)27-21-53)64-30-17-49(38-61(64)71-81-32-36-87(71)75)51-39-73(2,3)47-85(45-51)68(91)42-76(54-22-28-57(79)29-23-54)65-16-8-14-59(69(65)72-82-33-37-88(72)76)62-46-84(44-50-11-4-5-12-58(50)62)67(90)41-74(52-18-24-55(77)25-19-52)63-15-7-6-13-60(63)70-80-31-35-86(70)74/h4-8,11-33,35-38,48,51,62H,9-10,34,39-47H2,1-3H3. The van der Waals surface area contributed by atoms with Crippen LogP contribution < -0.4 is 0 Å². The first-order valence-corrected chi connectivity index (χ1v) is 34.2. The van der Waals surface area contributed by atoms with Crippen molar-refractivity contribution in [2.24, 2.45) is 11.3 Å². The normalized spacial score (nSPS) is 23.2. The molecule has 9 heterocycles. The Morgan fingerprint density at radius 3 is 1.67 bits per heavy atom. The first kappa shape index (κ1) is 58.1. The number of aromatic nitrogens is 6. The van der Waals surface area contributed by atoms with Crippen LogP contribution in [-0.2, 0) is 37.5 Å². The monoisotopic (exact) mass is 1390 g/mol. The average Bonchev–Trinajstić information content (AvgIpc) is 1.58. The second-order valence-corrected chi connectivity index (χ2v) is 29.8. The lowest BCUT2D eigenvalue weighted by Crippen LogP contribution is -2.49. The van der Waals surface area contributed by atoms with Crippen molar-refractivity contribution < 1.29 is 14.4 Å². The van der Waals surface area contributed by atoms with Gasteiger partial charge >= 0.3 is 0 Å². The third-order valence-corrected chi connectivity index (χ3v) is 22.7. The molecule has 0 bridgehead atoms. The summed E-state index contributed by atoms with van der Waals surface area (Å²) in [5, 5.41) is 0. The highest BCUT2D eigenvalue weighted by atomic mass is 79.9. The Kier molecular flexibility index (Phi) is 14.1. The summed E-state index contributed by atoms with van der Waals surface area (Å²) in [6.07, 6.45) is 15.3. The molecule has 0 saturated carbocycles. The zero-order valence-corrected chi connectivity index (χ0v) is 55.8. The SMILES string of the molecule is CC1CCCN(C(=O)CC2(c3ccc(Br)cc3)c3ccc(C4CN(C(=O)CC5(c6ccc(Br)cc6)c6cccc(C7CN(C(=O)CC8(c9ccc(Br)cc9)c9ccccc9-c9nccn98)Cc8ccccc87)c6-c6nccn65)CC(C)(C)C4)cc3-c3nccn32)C1. The van der Waals surface area contributed by atoms with E-state index < -0.39 is 16.6 Å². The smallest absolute Gasteiger partial charge is 0.225 e. The summed E-state index contributed by atoms with van der Waals surface area (Å²) in [5.74, 6) is 3.00. The maximum absolute atomic E-state index is 16.1. The van der Waals surface area contributed by atoms with Gasteiger partial charge in [0.1, 0.15) is 34.1 Å². The van der Waals surface area contributed by atoms with Gasteiger partial charge in [0.15, 0.2) is 0 Å². The summed E-state index contributed by atoms with van der Waals surface area (Å²) in [6.45, 7) is 10.4. The number of halogens is 3. The molecule has 456 valence electrons. The van der Waals surface area contributed by atoms with Crippen molar-refractivity contribution in [1.82, 2.24) is 43.4 Å². The van der Waals surface area contributed by atoms with E-state index in [1.54, 1.807) is 0 Å². The third kappa shape index (κ3) is 9.27. The Balaban J connectivity index is 0.748. The van der Waals surface area contributed by atoms with Crippen LogP contribution in [0, 0.1) is 11.3 Å². The van der Waals surface area contributed by atoms with Gasteiger partial charge in [0.25, 0.3) is 0 Å². The van der Waals surface area contributed by atoms with Crippen molar-refractivity contribution in [3.8, 4) is 34.2 Å². The van der Waals surface area contributed by atoms with Gasteiger partial charge in [-0.05, 0) is 129 Å². The van der Waals surface area contributed by atoms with Crippen molar-refractivity contribution in [2.45, 2.75) is 94.3 Å². The van der Waals surface area contributed by atoms with Crippen molar-refractivity contribution in [3.05, 3.63) is 264 Å². The fourth-order valence-corrected chi connectivity index (χ4v) is 17.9. The van der Waals surface area contributed by atoms with Crippen molar-refractivity contribution in [3.63, 3.8) is 0 Å². The maximum atomic E-state index is 16.1. The Bertz CT molecular complexity index is 4550. The number of rotatable bonds is 11. The summed E-state index contributed by atoms with van der Waals surface area (Å²) in [4.78, 5) is 67.9. The van der Waals surface area contributed by atoms with Gasteiger partial charge in [0.2, 0.25) is 17.7 Å². The quantitative estimate of drug-likeness (QED) is 0.127. The first-order chi connectivity index (χ1) is 44.1. The van der Waals surface area contributed by atoms with Crippen LogP contribution >= 0.6 is 47.8 Å². The van der Waals surface area contributed by atoms with E-state index in [0.717, 1.165) is 130 Å². The highest BCUT2D eigenvalue weighted by molar-refractivity contribution is 9.11. The minimum absolute atomic E-state index is 0.0163. The number of imidazole rings is 3. The number of piperidine rings is 2. The minimum atomic E-state index is -0.976. The number of amides is 3. The van der Waals surface area contributed by atoms with E-state index in [0.29, 0.717) is 32.1 Å². The van der Waals surface area contributed by atoms with Crippen LogP contribution in [0.25, 0.3) is 34.2 Å². The number of carbonyl (C=O) groups is 3. The van der Waals surface area contributed by atoms with Gasteiger partial charge in [-0.25, -0.2) is 15.0 Å². The molecule has 6 aliphatic rings. The number of fused-ring (bicyclic) bond motifs is 10. The minimum Gasteiger partial charge on any atom is -0.342 e. The molecular weight excluding hydrogens is 1330 g/mol. The summed E-state index contributed by atoms with van der Waals surface area (Å²) in [5.41, 5.74) is 10.9. The van der Waals surface area contributed by atoms with Crippen molar-refractivity contribution >= 4 is 65.5 Å². The fraction of sp³-hybridized carbons (Fsp3) is 0.289. The van der Waals surface area contributed by atoms with Crippen molar-refractivity contribution in [1.29, 1.82) is 0 Å². The zero-order chi connectivity index (χ0) is 62.1. The van der Waals surface area contributed by atoms with E-state index in [1.165, 1.54) is 5.56 Å². The largest absolute Gasteiger partial charge is 0.342 e. The molecule has 0 spiro atoms. The van der Waals surface area contributed by atoms with Crippen LogP contribution in [0.15, 0.2) is 208 Å². The van der Waals surface area contributed by atoms with Crippen LogP contribution in [0.3, 0.4) is 0 Å². The third-order valence-electron chi connectivity index (χ3n) is 21.1. The molecule has 15 heteroatoms. The number of hydrogen-bond donors (Lipinski definition) is 0. The van der Waals surface area contributed by atoms with Gasteiger partial charge in [-0.1, -0.05) is 184 Å². The number of benzene rings is 7. The van der Waals surface area contributed by atoms with E-state index in [9.17, 15) is 4.79 Å². The fourth-order valence-electron chi connectivity index (χ4n) is 17.1. The average molecular weight is 1400 g/mol. The molecule has 0 N–H and O–H groups in total. The van der Waals surface area contributed by atoms with Gasteiger partial charge in [0, 0.05) is 118 Å². The Hall–Kier alpha value is -7.98. The van der Waals surface area contributed by atoms with Crippen LogP contribution in [0.1, 0.15) is 127 Å². The molecule has 0 aliphatic carbocycles. The van der Waals surface area contributed by atoms with E-state index in [-0.39, 0.29) is 54.2 Å². The molecular formula is C76H68Br3N9O3. The second-order valence-electron chi connectivity index (χ2n) is 27.1. The molecule has 3 amide bonds. The molecule has 91 heavy (non-hydrogen) atoms. The predicted octanol–water partition coefficient (Wildman–Crippen LogP) is 15.5. The number of nitrogens with zero attached hydrogens (tertiary/aromatic N) is 9. The summed E-state index contributed by atoms with van der Waals surface area (Å²) in [6, 6.07) is 55.6. The second kappa shape index (κ2) is 22.1. The highest BCUT2D eigenvalue weighted by Crippen LogP contribution is 2.56. The van der Waals surface area contributed by atoms with E-state index in [4.69, 9.17) is 15.0 Å². The van der Waals surface area contributed by atoms with Crippen LogP contribution in [0.2, 0.25) is 0 Å². The molecule has 3 aromatic heterocycles. The lowest BCUT2D eigenvalue weighted by atomic mass is 9.73. The lowest BCUT2D eigenvalue weighted by molar-refractivity contribution is -0.136. The molecule has 6 atom stereocenters. The number of hydrogen-bond acceptors (Lipinski definition) is 6. The van der Waals surface area contributed by atoms with Gasteiger partial charge in [-0.15, -0.1) is 0 Å². The van der Waals surface area contributed by atoms with E-state index >= 15 is 9.59 Å². The van der Waals surface area contributed by atoms with Gasteiger partial charge < -0.3 is 28.4 Å². The molecule has 6 aliphatic heterocycles. The molecule has 12 nitrogen and oxygen atoms in total. The lowest BCUT2D eigenvalue weighted by Gasteiger charge is -2.44. The first-order valence-electron chi connectivity index (χ1n) is 31.8. The molecule has 2 saturated heterocycles. The predicted molar refractivity (Wildman–Crippen MR) is 364 cm³/mol. The van der Waals surface area contributed by atoms with Crippen LogP contribution in [0.5, 0.6) is 0 Å². The van der Waals surface area contributed by atoms with Crippen molar-refractivity contribution in [2.75, 3.05) is 32.7 Å². The molecule has 0 radical (unpaired) electrons. The molecule has 6 unspecified atom stereocenters. The summed E-state index contributed by atoms with van der Waals surface area (Å²) >= 11 is 11.1. The molecule has 7 aromatic carbocycles. The highest BCUT2D eigenvalue weighted by Gasteiger charge is 2.53. The summed E-state index contributed by atoms with van der Waals surface area (Å²) < 4.78 is 9.59. The maximum Gasteiger partial charge on any atom is 0.225 e. The van der Waals surface area contributed by atoms with E-state index in [2.05, 4.69) is 255 Å². The number of carbonyl (C=O) groups excluding carboxylic acids is 3. The Labute approximate surface area is 555 Å². The summed E-state index contributed by atoms with van der Waals surface area (Å²) in [7, 11) is 0. The van der Waals surface area contributed by atoms with Gasteiger partial charge in [-0.2, -0.15) is 0 Å². The van der Waals surface area contributed by atoms with Gasteiger partial charge in [0.05, 0.1) is 19.3 Å². The molecule has 2 fully saturated rings. The topological polar surface area (TPSA) is 114 Å². The van der Waals surface area contributed by atoms with E-state index in [1.807, 2.05) is 37.1 Å². The Morgan fingerprint density at radius 1 is 0.516 bits per heavy atom. The zero-order valence-electron chi connectivity index (χ0n) is 51.1. The van der Waals surface area contributed by atoms with Crippen LogP contribution in [-0.4, -0.2) is 93.8 Å². The molecule has 10 aromatic rings. The number of likely N-dealkylation sites (tertiary alicyclic amines) is 2. The van der Waals surface area contributed by atoms with Gasteiger partial charge in [-0.3, -0.25) is 14.4 Å². The molecule has 16 rings (SSSR count). The van der Waals surface area contributed by atoms with Crippen LogP contribution in [0.4, 0.5) is 0 Å². The Morgan fingerprint density at radius 2 is 1.03 bits per heavy atom.